The Labute approximate surface area is 172 Å². The van der Waals surface area contributed by atoms with Crippen molar-refractivity contribution in [2.24, 2.45) is 5.92 Å². The number of hydrogen-bond donors (Lipinski definition) is 0. The summed E-state index contributed by atoms with van der Waals surface area (Å²) in [6.07, 6.45) is 2.81. The van der Waals surface area contributed by atoms with E-state index in [-0.39, 0.29) is 22.8 Å². The summed E-state index contributed by atoms with van der Waals surface area (Å²) in [4.78, 5) is 0. The average molecular weight is 417 g/mol. The smallest absolute Gasteiger partial charge is 0.192 e. The molecule has 1 fully saturated rings. The topological polar surface area (TPSA) is 31.0 Å². The fourth-order valence-corrected chi connectivity index (χ4v) is 8.00. The first-order valence-corrected chi connectivity index (χ1v) is 16.7. The summed E-state index contributed by atoms with van der Waals surface area (Å²) in [5.41, 5.74) is -0.125. The van der Waals surface area contributed by atoms with Crippen LogP contribution in [0.2, 0.25) is 36.3 Å². The van der Waals surface area contributed by atoms with Gasteiger partial charge >= 0.3 is 0 Å². The van der Waals surface area contributed by atoms with Crippen LogP contribution in [0.25, 0.3) is 0 Å². The van der Waals surface area contributed by atoms with Gasteiger partial charge in [0.05, 0.1) is 18.8 Å². The molecular formula is C22H48O3Si2. The van der Waals surface area contributed by atoms with Crippen LogP contribution in [-0.2, 0) is 13.6 Å². The number of rotatable bonds is 12. The molecule has 162 valence electrons. The highest BCUT2D eigenvalue weighted by Crippen LogP contribution is 2.46. The van der Waals surface area contributed by atoms with E-state index in [1.165, 1.54) is 18.1 Å². The third kappa shape index (κ3) is 6.14. The van der Waals surface area contributed by atoms with Crippen molar-refractivity contribution in [2.75, 3.05) is 6.61 Å². The van der Waals surface area contributed by atoms with Gasteiger partial charge in [-0.25, -0.2) is 0 Å². The van der Waals surface area contributed by atoms with Crippen LogP contribution in [-0.4, -0.2) is 41.1 Å². The van der Waals surface area contributed by atoms with Crippen molar-refractivity contribution >= 4 is 16.6 Å². The third-order valence-corrected chi connectivity index (χ3v) is 16.6. The van der Waals surface area contributed by atoms with E-state index in [1.807, 2.05) is 0 Å². The van der Waals surface area contributed by atoms with E-state index in [9.17, 15) is 0 Å². The van der Waals surface area contributed by atoms with Gasteiger partial charge < -0.3 is 13.6 Å². The first kappa shape index (κ1) is 25.4. The fourth-order valence-electron chi connectivity index (χ4n) is 3.85. The second kappa shape index (κ2) is 9.42. The molecule has 0 aromatic rings. The van der Waals surface area contributed by atoms with Crippen LogP contribution >= 0.6 is 0 Å². The maximum atomic E-state index is 6.83. The van der Waals surface area contributed by atoms with Crippen LogP contribution in [0.1, 0.15) is 75.2 Å². The largest absolute Gasteiger partial charge is 0.414 e. The predicted molar refractivity (Wildman–Crippen MR) is 123 cm³/mol. The zero-order chi connectivity index (χ0) is 21.1. The molecule has 0 spiro atoms. The molecule has 5 heteroatoms. The first-order valence-electron chi connectivity index (χ1n) is 11.3. The van der Waals surface area contributed by atoms with Crippen molar-refractivity contribution in [3.05, 3.63) is 0 Å². The van der Waals surface area contributed by atoms with Crippen molar-refractivity contribution in [1.29, 1.82) is 0 Å². The highest BCUT2D eigenvalue weighted by atomic mass is 28.4. The van der Waals surface area contributed by atoms with Crippen LogP contribution in [0.3, 0.4) is 0 Å². The van der Waals surface area contributed by atoms with Gasteiger partial charge in [0, 0.05) is 5.92 Å². The van der Waals surface area contributed by atoms with Gasteiger partial charge in [-0.15, -0.1) is 0 Å². The highest BCUT2D eigenvalue weighted by molar-refractivity contribution is 6.74. The molecule has 1 aliphatic heterocycles. The molecule has 1 rings (SSSR count). The molecule has 0 aliphatic carbocycles. The van der Waals surface area contributed by atoms with Crippen LogP contribution in [0.5, 0.6) is 0 Å². The van der Waals surface area contributed by atoms with Gasteiger partial charge in [0.25, 0.3) is 0 Å². The number of epoxide rings is 1. The average Bonchev–Trinajstić information content (AvgIpc) is 3.26. The molecule has 0 saturated carbocycles. The van der Waals surface area contributed by atoms with Gasteiger partial charge in [0.15, 0.2) is 16.6 Å². The van der Waals surface area contributed by atoms with E-state index in [0.717, 1.165) is 19.4 Å². The van der Waals surface area contributed by atoms with Crippen LogP contribution in [0, 0.1) is 5.92 Å². The molecule has 0 aromatic carbocycles. The quantitative estimate of drug-likeness (QED) is 0.254. The van der Waals surface area contributed by atoms with Gasteiger partial charge in [-0.05, 0) is 49.6 Å². The van der Waals surface area contributed by atoms with Crippen LogP contribution in [0.15, 0.2) is 0 Å². The molecule has 0 bridgehead atoms. The Hall–Kier alpha value is 0.314. The molecular weight excluding hydrogens is 368 g/mol. The van der Waals surface area contributed by atoms with Gasteiger partial charge in [0.1, 0.15) is 5.60 Å². The molecule has 0 unspecified atom stereocenters. The van der Waals surface area contributed by atoms with Crippen molar-refractivity contribution < 1.29 is 13.6 Å². The maximum Gasteiger partial charge on any atom is 0.192 e. The standard InChI is InChI=1S/C22H48O3Si2/c1-12-16-19(25-26(10,11)21(6,7)8)18(5)20-22(9,24-20)17-23-27(13-2,14-3)15-4/h18-20H,12-17H2,1-11H3/t18-,19-,20+,22+/m1/s1. The second-order valence-corrected chi connectivity index (χ2v) is 20.0. The predicted octanol–water partition coefficient (Wildman–Crippen LogP) is 6.99. The van der Waals surface area contributed by atoms with E-state index in [4.69, 9.17) is 13.6 Å². The second-order valence-electron chi connectivity index (χ2n) is 10.4. The van der Waals surface area contributed by atoms with Crippen molar-refractivity contribution in [1.82, 2.24) is 0 Å². The highest BCUT2D eigenvalue weighted by Gasteiger charge is 2.58. The van der Waals surface area contributed by atoms with E-state index < -0.39 is 16.6 Å². The molecule has 0 radical (unpaired) electrons. The van der Waals surface area contributed by atoms with Gasteiger partial charge in [0.2, 0.25) is 0 Å². The molecule has 1 heterocycles. The summed E-state index contributed by atoms with van der Waals surface area (Å²) in [5, 5.41) is 0.240. The summed E-state index contributed by atoms with van der Waals surface area (Å²) >= 11 is 0. The molecule has 27 heavy (non-hydrogen) atoms. The normalized spacial score (nSPS) is 26.1. The third-order valence-electron chi connectivity index (χ3n) is 7.43. The van der Waals surface area contributed by atoms with Gasteiger partial charge in [-0.2, -0.15) is 0 Å². The lowest BCUT2D eigenvalue weighted by atomic mass is 9.91. The Morgan fingerprint density at radius 2 is 1.56 bits per heavy atom. The van der Waals surface area contributed by atoms with Crippen LogP contribution < -0.4 is 0 Å². The zero-order valence-corrected chi connectivity index (χ0v) is 22.2. The fraction of sp³-hybridized carbons (Fsp3) is 1.00. The summed E-state index contributed by atoms with van der Waals surface area (Å²) in [5.74, 6) is 0.411. The van der Waals surface area contributed by atoms with E-state index >= 15 is 0 Å². The summed E-state index contributed by atoms with van der Waals surface area (Å²) in [6, 6.07) is 3.59. The molecule has 3 nitrogen and oxygen atoms in total. The molecule has 1 saturated heterocycles. The van der Waals surface area contributed by atoms with Crippen molar-refractivity contribution in [2.45, 2.75) is 129 Å². The molecule has 4 atom stereocenters. The number of hydrogen-bond acceptors (Lipinski definition) is 3. The van der Waals surface area contributed by atoms with Crippen molar-refractivity contribution in [3.63, 3.8) is 0 Å². The van der Waals surface area contributed by atoms with Crippen molar-refractivity contribution in [3.8, 4) is 0 Å². The lowest BCUT2D eigenvalue weighted by Crippen LogP contribution is -2.46. The molecule has 0 amide bonds. The molecule has 0 aromatic heterocycles. The maximum absolute atomic E-state index is 6.83. The lowest BCUT2D eigenvalue weighted by molar-refractivity contribution is 0.0987. The SMILES string of the molecule is CCC[C@@H](O[Si](C)(C)C(C)(C)C)[C@@H](C)[C@@H]1O[C@@]1(C)CO[Si](CC)(CC)CC. The minimum atomic E-state index is -1.78. The Morgan fingerprint density at radius 3 is 1.96 bits per heavy atom. The Balaban J connectivity index is 2.77. The summed E-state index contributed by atoms with van der Waals surface area (Å²) < 4.78 is 19.7. The summed E-state index contributed by atoms with van der Waals surface area (Å²) in [6.45, 7) is 26.1. The molecule has 1 aliphatic rings. The lowest BCUT2D eigenvalue weighted by Gasteiger charge is -2.41. The van der Waals surface area contributed by atoms with E-state index in [0.29, 0.717) is 5.92 Å². The Bertz CT molecular complexity index is 449. The zero-order valence-electron chi connectivity index (χ0n) is 20.2. The summed E-state index contributed by atoms with van der Waals surface area (Å²) in [7, 11) is -3.34. The van der Waals surface area contributed by atoms with Gasteiger partial charge in [-0.3, -0.25) is 0 Å². The molecule has 0 N–H and O–H groups in total. The van der Waals surface area contributed by atoms with Crippen LogP contribution in [0.4, 0.5) is 0 Å². The Morgan fingerprint density at radius 1 is 1.04 bits per heavy atom. The van der Waals surface area contributed by atoms with E-state index in [1.54, 1.807) is 0 Å². The minimum absolute atomic E-state index is 0.125. The monoisotopic (exact) mass is 416 g/mol. The van der Waals surface area contributed by atoms with Gasteiger partial charge in [-0.1, -0.05) is 61.8 Å². The van der Waals surface area contributed by atoms with E-state index in [2.05, 4.69) is 75.4 Å². The first-order chi connectivity index (χ1) is 12.3. The number of ether oxygens (including phenoxy) is 1. The Kier molecular flexibility index (Phi) is 8.84. The minimum Gasteiger partial charge on any atom is -0.414 e.